The van der Waals surface area contributed by atoms with Crippen LogP contribution >= 0.6 is 0 Å². The van der Waals surface area contributed by atoms with Gasteiger partial charge in [-0.2, -0.15) is 0 Å². The largest absolute Gasteiger partial charge is 0.497 e. The maximum absolute atomic E-state index is 11.3. The summed E-state index contributed by atoms with van der Waals surface area (Å²) in [5.41, 5.74) is 2.76. The lowest BCUT2D eigenvalue weighted by Gasteiger charge is -2.28. The molecule has 1 aliphatic rings. The van der Waals surface area contributed by atoms with Crippen molar-refractivity contribution in [3.63, 3.8) is 0 Å². The summed E-state index contributed by atoms with van der Waals surface area (Å²) in [6.07, 6.45) is 2.44. The van der Waals surface area contributed by atoms with E-state index in [2.05, 4.69) is 27.7 Å². The zero-order valence-electron chi connectivity index (χ0n) is 16.5. The predicted molar refractivity (Wildman–Crippen MR) is 111 cm³/mol. The standard InChI is InChI=1S/C21H28N4O3/c1-22-19-9-8-16(12-20(19)25(26)27)14-23-15-21(24-10-3-4-11-24)17-6-5-7-18(13-17)28-2/h5-9,12-13,21-23H,3-4,10-11,14-15H2,1-2H3. The second-order valence-corrected chi connectivity index (χ2v) is 7.02. The van der Waals surface area contributed by atoms with Crippen molar-refractivity contribution in [2.24, 2.45) is 0 Å². The molecule has 1 unspecified atom stereocenters. The maximum Gasteiger partial charge on any atom is 0.292 e. The van der Waals surface area contributed by atoms with E-state index in [1.54, 1.807) is 26.3 Å². The number of anilines is 1. The second kappa shape index (κ2) is 9.52. The van der Waals surface area contributed by atoms with Crippen LogP contribution in [0.2, 0.25) is 0 Å². The number of nitro groups is 1. The molecule has 150 valence electrons. The van der Waals surface area contributed by atoms with Crippen molar-refractivity contribution in [1.82, 2.24) is 10.2 Å². The molecule has 2 aromatic rings. The maximum atomic E-state index is 11.3. The summed E-state index contributed by atoms with van der Waals surface area (Å²) in [7, 11) is 3.37. The van der Waals surface area contributed by atoms with Crippen LogP contribution in [-0.2, 0) is 6.54 Å². The van der Waals surface area contributed by atoms with Crippen molar-refractivity contribution in [2.75, 3.05) is 39.1 Å². The van der Waals surface area contributed by atoms with Crippen LogP contribution in [0, 0.1) is 10.1 Å². The third-order valence-corrected chi connectivity index (χ3v) is 5.25. The fourth-order valence-corrected chi connectivity index (χ4v) is 3.76. The summed E-state index contributed by atoms with van der Waals surface area (Å²) in [6, 6.07) is 13.8. The van der Waals surface area contributed by atoms with Crippen molar-refractivity contribution in [1.29, 1.82) is 0 Å². The molecule has 7 nitrogen and oxygen atoms in total. The Kier molecular flexibility index (Phi) is 6.84. The van der Waals surface area contributed by atoms with Gasteiger partial charge in [0.15, 0.2) is 0 Å². The number of methoxy groups -OCH3 is 1. The molecule has 0 aromatic heterocycles. The number of nitro benzene ring substituents is 1. The number of hydrogen-bond acceptors (Lipinski definition) is 6. The lowest BCUT2D eigenvalue weighted by Crippen LogP contribution is -2.34. The molecule has 0 radical (unpaired) electrons. The van der Waals surface area contributed by atoms with Gasteiger partial charge in [-0.25, -0.2) is 0 Å². The average Bonchev–Trinajstić information content (AvgIpc) is 3.25. The van der Waals surface area contributed by atoms with E-state index >= 15 is 0 Å². The van der Waals surface area contributed by atoms with E-state index in [1.165, 1.54) is 18.4 Å². The van der Waals surface area contributed by atoms with Gasteiger partial charge in [0.05, 0.1) is 12.0 Å². The van der Waals surface area contributed by atoms with Crippen LogP contribution in [0.1, 0.15) is 30.0 Å². The Labute approximate surface area is 165 Å². The SMILES string of the molecule is CNc1ccc(CNCC(c2cccc(OC)c2)N2CCCC2)cc1[N+](=O)[O-]. The highest BCUT2D eigenvalue weighted by Crippen LogP contribution is 2.28. The van der Waals surface area contributed by atoms with E-state index < -0.39 is 0 Å². The van der Waals surface area contributed by atoms with Crippen molar-refractivity contribution < 1.29 is 9.66 Å². The first-order valence-corrected chi connectivity index (χ1v) is 9.66. The number of likely N-dealkylation sites (tertiary alicyclic amines) is 1. The normalized spacial score (nSPS) is 15.4. The van der Waals surface area contributed by atoms with Gasteiger partial charge in [0.25, 0.3) is 5.69 Å². The number of hydrogen-bond donors (Lipinski definition) is 2. The molecule has 7 heteroatoms. The molecule has 0 saturated carbocycles. The highest BCUT2D eigenvalue weighted by molar-refractivity contribution is 5.62. The highest BCUT2D eigenvalue weighted by Gasteiger charge is 2.23. The molecule has 0 amide bonds. The van der Waals surface area contributed by atoms with Gasteiger partial charge < -0.3 is 15.4 Å². The fourth-order valence-electron chi connectivity index (χ4n) is 3.76. The summed E-state index contributed by atoms with van der Waals surface area (Å²) in [4.78, 5) is 13.4. The summed E-state index contributed by atoms with van der Waals surface area (Å²) in [5.74, 6) is 0.861. The van der Waals surface area contributed by atoms with E-state index in [4.69, 9.17) is 4.74 Å². The molecule has 1 fully saturated rings. The molecule has 0 bridgehead atoms. The molecular formula is C21H28N4O3. The molecule has 1 saturated heterocycles. The van der Waals surface area contributed by atoms with E-state index in [0.29, 0.717) is 12.2 Å². The molecule has 1 heterocycles. The van der Waals surface area contributed by atoms with Gasteiger partial charge in [-0.15, -0.1) is 0 Å². The van der Waals surface area contributed by atoms with Crippen LogP contribution in [-0.4, -0.2) is 43.6 Å². The molecule has 0 aliphatic carbocycles. The minimum atomic E-state index is -0.349. The summed E-state index contributed by atoms with van der Waals surface area (Å²) < 4.78 is 5.39. The van der Waals surface area contributed by atoms with Crippen molar-refractivity contribution >= 4 is 11.4 Å². The van der Waals surface area contributed by atoms with Gasteiger partial charge in [0, 0.05) is 32.2 Å². The van der Waals surface area contributed by atoms with Crippen LogP contribution < -0.4 is 15.4 Å². The first-order valence-electron chi connectivity index (χ1n) is 9.66. The Hall–Kier alpha value is -2.64. The van der Waals surface area contributed by atoms with E-state index in [1.807, 2.05) is 18.2 Å². The number of nitrogens with zero attached hydrogens (tertiary/aromatic N) is 2. The smallest absolute Gasteiger partial charge is 0.292 e. The Morgan fingerprint density at radius 2 is 2.00 bits per heavy atom. The highest BCUT2D eigenvalue weighted by atomic mass is 16.6. The Balaban J connectivity index is 1.70. The van der Waals surface area contributed by atoms with E-state index in [0.717, 1.165) is 30.9 Å². The first kappa shape index (κ1) is 20.1. The summed E-state index contributed by atoms with van der Waals surface area (Å²) in [5, 5.41) is 17.6. The van der Waals surface area contributed by atoms with Crippen LogP contribution in [0.5, 0.6) is 5.75 Å². The number of rotatable bonds is 9. The number of nitrogens with one attached hydrogen (secondary N) is 2. The lowest BCUT2D eigenvalue weighted by atomic mass is 10.0. The second-order valence-electron chi connectivity index (χ2n) is 7.02. The van der Waals surface area contributed by atoms with E-state index in [-0.39, 0.29) is 16.7 Å². The summed E-state index contributed by atoms with van der Waals surface area (Å²) in [6.45, 7) is 3.53. The molecule has 1 atom stereocenters. The van der Waals surface area contributed by atoms with Gasteiger partial charge in [-0.05, 0) is 55.3 Å². The van der Waals surface area contributed by atoms with Gasteiger partial charge >= 0.3 is 0 Å². The third-order valence-electron chi connectivity index (χ3n) is 5.25. The van der Waals surface area contributed by atoms with Crippen molar-refractivity contribution in [3.8, 4) is 5.75 Å². The fraction of sp³-hybridized carbons (Fsp3) is 0.429. The monoisotopic (exact) mass is 384 g/mol. The zero-order valence-corrected chi connectivity index (χ0v) is 16.5. The molecule has 0 spiro atoms. The van der Waals surface area contributed by atoms with Gasteiger partial charge in [0.2, 0.25) is 0 Å². The summed E-state index contributed by atoms with van der Waals surface area (Å²) >= 11 is 0. The quantitative estimate of drug-likeness (QED) is 0.508. The molecule has 3 rings (SSSR count). The Bertz CT molecular complexity index is 806. The molecule has 28 heavy (non-hydrogen) atoms. The predicted octanol–water partition coefficient (Wildman–Crippen LogP) is 3.57. The van der Waals surface area contributed by atoms with Crippen LogP contribution in [0.15, 0.2) is 42.5 Å². The van der Waals surface area contributed by atoms with Crippen LogP contribution in [0.25, 0.3) is 0 Å². The lowest BCUT2D eigenvalue weighted by molar-refractivity contribution is -0.384. The van der Waals surface area contributed by atoms with Crippen molar-refractivity contribution in [2.45, 2.75) is 25.4 Å². The minimum absolute atomic E-state index is 0.102. The first-order chi connectivity index (χ1) is 13.6. The molecule has 2 N–H and O–H groups in total. The molecule has 1 aliphatic heterocycles. The van der Waals surface area contributed by atoms with Gasteiger partial charge in [-0.3, -0.25) is 15.0 Å². The number of ether oxygens (including phenoxy) is 1. The average molecular weight is 384 g/mol. The van der Waals surface area contributed by atoms with Crippen molar-refractivity contribution in [3.05, 3.63) is 63.7 Å². The van der Waals surface area contributed by atoms with Gasteiger partial charge in [-0.1, -0.05) is 18.2 Å². The zero-order chi connectivity index (χ0) is 19.9. The third kappa shape index (κ3) is 4.79. The van der Waals surface area contributed by atoms with Crippen LogP contribution in [0.3, 0.4) is 0 Å². The van der Waals surface area contributed by atoms with Crippen LogP contribution in [0.4, 0.5) is 11.4 Å². The molecular weight excluding hydrogens is 356 g/mol. The Morgan fingerprint density at radius 3 is 2.68 bits per heavy atom. The Morgan fingerprint density at radius 1 is 1.21 bits per heavy atom. The topological polar surface area (TPSA) is 79.7 Å². The van der Waals surface area contributed by atoms with Gasteiger partial charge in [0.1, 0.15) is 11.4 Å². The van der Waals surface area contributed by atoms with E-state index in [9.17, 15) is 10.1 Å². The minimum Gasteiger partial charge on any atom is -0.497 e. The molecule has 2 aromatic carbocycles. The number of benzene rings is 2.